The van der Waals surface area contributed by atoms with Gasteiger partial charge in [-0.3, -0.25) is 9.59 Å². The molecule has 0 aliphatic carbocycles. The Labute approximate surface area is 165 Å². The summed E-state index contributed by atoms with van der Waals surface area (Å²) < 4.78 is 8.42. The maximum Gasteiger partial charge on any atom is 0.267 e. The van der Waals surface area contributed by atoms with E-state index >= 15 is 0 Å². The highest BCUT2D eigenvalue weighted by molar-refractivity contribution is 6.31. The fourth-order valence-electron chi connectivity index (χ4n) is 2.98. The van der Waals surface area contributed by atoms with Crippen LogP contribution in [0.2, 0.25) is 5.02 Å². The molecule has 0 atom stereocenters. The lowest BCUT2D eigenvalue weighted by Gasteiger charge is -2.09. The average Bonchev–Trinajstić information content (AvgIpc) is 3.34. The molecule has 3 aromatic heterocycles. The summed E-state index contributed by atoms with van der Waals surface area (Å²) in [6.07, 6.45) is 3.48. The second-order valence-electron chi connectivity index (χ2n) is 6.25. The van der Waals surface area contributed by atoms with Crippen molar-refractivity contribution in [3.63, 3.8) is 0 Å². The summed E-state index contributed by atoms with van der Waals surface area (Å²) in [4.78, 5) is 24.2. The zero-order valence-corrected chi connectivity index (χ0v) is 15.6. The third-order valence-corrected chi connectivity index (χ3v) is 4.58. The molecule has 4 aromatic rings. The van der Waals surface area contributed by atoms with Crippen LogP contribution in [0, 0.1) is 0 Å². The van der Waals surface area contributed by atoms with Gasteiger partial charge >= 0.3 is 0 Å². The van der Waals surface area contributed by atoms with Gasteiger partial charge in [0.15, 0.2) is 5.76 Å². The Morgan fingerprint density at radius 3 is 2.89 bits per heavy atom. The lowest BCUT2D eigenvalue weighted by Crippen LogP contribution is -2.35. The maximum atomic E-state index is 12.2. The molecule has 7 nitrogen and oxygen atoms in total. The zero-order valence-electron chi connectivity index (χ0n) is 14.8. The number of aromatic nitrogens is 3. The highest BCUT2D eigenvalue weighted by Gasteiger charge is 2.09. The van der Waals surface area contributed by atoms with E-state index in [0.717, 1.165) is 15.6 Å². The molecule has 3 heterocycles. The van der Waals surface area contributed by atoms with Crippen LogP contribution in [0.5, 0.6) is 0 Å². The van der Waals surface area contributed by atoms with E-state index in [1.54, 1.807) is 18.2 Å². The Hall–Kier alpha value is -3.32. The van der Waals surface area contributed by atoms with E-state index in [1.807, 2.05) is 35.0 Å². The molecule has 142 valence electrons. The standard InChI is InChI=1S/C20H17ClN4O3/c21-15-4-3-14-7-9-24(17(14)12-15)10-8-22-19(26)13-25-20(27)6-5-16(23-25)18-2-1-11-28-18/h1-7,9,11-12H,8,10,13H2,(H,22,26). The molecule has 0 aliphatic heterocycles. The molecular formula is C20H17ClN4O3. The Bertz CT molecular complexity index is 1180. The van der Waals surface area contributed by atoms with Crippen molar-refractivity contribution in [3.8, 4) is 11.5 Å². The van der Waals surface area contributed by atoms with Gasteiger partial charge in [-0.1, -0.05) is 17.7 Å². The first-order chi connectivity index (χ1) is 13.6. The number of rotatable bonds is 6. The summed E-state index contributed by atoms with van der Waals surface area (Å²) in [7, 11) is 0. The Morgan fingerprint density at radius 1 is 1.18 bits per heavy atom. The van der Waals surface area contributed by atoms with Crippen LogP contribution in [0.1, 0.15) is 0 Å². The highest BCUT2D eigenvalue weighted by Crippen LogP contribution is 2.20. The fourth-order valence-corrected chi connectivity index (χ4v) is 3.14. The summed E-state index contributed by atoms with van der Waals surface area (Å²) in [5.41, 5.74) is 1.15. The van der Waals surface area contributed by atoms with Gasteiger partial charge < -0.3 is 14.3 Å². The van der Waals surface area contributed by atoms with E-state index in [9.17, 15) is 9.59 Å². The fraction of sp³-hybridized carbons (Fsp3) is 0.150. The van der Waals surface area contributed by atoms with Crippen LogP contribution in [0.15, 0.2) is 70.2 Å². The summed E-state index contributed by atoms with van der Waals surface area (Å²) >= 11 is 6.06. The van der Waals surface area contributed by atoms with Crippen LogP contribution in [-0.2, 0) is 17.9 Å². The number of carbonyl (C=O) groups is 1. The number of benzene rings is 1. The Morgan fingerprint density at radius 2 is 2.07 bits per heavy atom. The number of halogens is 1. The number of furan rings is 1. The van der Waals surface area contributed by atoms with Crippen molar-refractivity contribution >= 4 is 28.4 Å². The van der Waals surface area contributed by atoms with E-state index < -0.39 is 0 Å². The van der Waals surface area contributed by atoms with Crippen LogP contribution >= 0.6 is 11.6 Å². The van der Waals surface area contributed by atoms with Crippen LogP contribution in [0.4, 0.5) is 0 Å². The molecule has 1 N–H and O–H groups in total. The van der Waals surface area contributed by atoms with Crippen molar-refractivity contribution in [1.82, 2.24) is 19.7 Å². The minimum atomic E-state index is -0.350. The lowest BCUT2D eigenvalue weighted by atomic mass is 10.2. The first-order valence-corrected chi connectivity index (χ1v) is 9.11. The third kappa shape index (κ3) is 3.84. The predicted molar refractivity (Wildman–Crippen MR) is 106 cm³/mol. The van der Waals surface area contributed by atoms with E-state index in [2.05, 4.69) is 10.4 Å². The Kier molecular flexibility index (Phi) is 4.99. The van der Waals surface area contributed by atoms with Crippen molar-refractivity contribution in [2.75, 3.05) is 6.54 Å². The number of nitrogens with zero attached hydrogens (tertiary/aromatic N) is 3. The Balaban J connectivity index is 1.39. The van der Waals surface area contributed by atoms with Crippen molar-refractivity contribution in [2.45, 2.75) is 13.1 Å². The molecule has 0 bridgehead atoms. The second kappa shape index (κ2) is 7.74. The van der Waals surface area contributed by atoms with Crippen LogP contribution in [0.3, 0.4) is 0 Å². The van der Waals surface area contributed by atoms with Crippen molar-refractivity contribution < 1.29 is 9.21 Å². The lowest BCUT2D eigenvalue weighted by molar-refractivity contribution is -0.121. The largest absolute Gasteiger partial charge is 0.463 e. The first-order valence-electron chi connectivity index (χ1n) is 8.73. The van der Waals surface area contributed by atoms with Gasteiger partial charge in [0.25, 0.3) is 5.56 Å². The molecule has 1 aromatic carbocycles. The monoisotopic (exact) mass is 396 g/mol. The van der Waals surface area contributed by atoms with Gasteiger partial charge in [-0.2, -0.15) is 5.10 Å². The zero-order chi connectivity index (χ0) is 19.5. The van der Waals surface area contributed by atoms with Gasteiger partial charge in [0.2, 0.25) is 5.91 Å². The smallest absolute Gasteiger partial charge is 0.267 e. The number of fused-ring (bicyclic) bond motifs is 1. The van der Waals surface area contributed by atoms with Gasteiger partial charge in [0.1, 0.15) is 12.2 Å². The first kappa shape index (κ1) is 18.1. The van der Waals surface area contributed by atoms with Crippen molar-refractivity contribution in [2.24, 2.45) is 0 Å². The highest BCUT2D eigenvalue weighted by atomic mass is 35.5. The molecule has 0 radical (unpaired) electrons. The SMILES string of the molecule is O=C(Cn1nc(-c2ccco2)ccc1=O)NCCn1ccc2ccc(Cl)cc21. The van der Waals surface area contributed by atoms with E-state index in [1.165, 1.54) is 12.3 Å². The number of hydrogen-bond acceptors (Lipinski definition) is 4. The number of nitrogens with one attached hydrogen (secondary N) is 1. The topological polar surface area (TPSA) is 82.1 Å². The van der Waals surface area contributed by atoms with E-state index in [4.69, 9.17) is 16.0 Å². The summed E-state index contributed by atoms with van der Waals surface area (Å²) in [6.45, 7) is 0.845. The van der Waals surface area contributed by atoms with Gasteiger partial charge in [0, 0.05) is 35.9 Å². The molecule has 1 amide bonds. The number of amides is 1. The van der Waals surface area contributed by atoms with Gasteiger partial charge in [-0.15, -0.1) is 0 Å². The molecule has 28 heavy (non-hydrogen) atoms. The molecule has 4 rings (SSSR count). The second-order valence-corrected chi connectivity index (χ2v) is 6.69. The molecule has 0 fully saturated rings. The molecule has 0 aliphatic rings. The molecule has 8 heteroatoms. The van der Waals surface area contributed by atoms with E-state index in [-0.39, 0.29) is 18.0 Å². The summed E-state index contributed by atoms with van der Waals surface area (Å²) in [6, 6.07) is 14.1. The number of carbonyl (C=O) groups excluding carboxylic acids is 1. The quantitative estimate of drug-likeness (QED) is 0.543. The average molecular weight is 397 g/mol. The third-order valence-electron chi connectivity index (χ3n) is 4.34. The predicted octanol–water partition coefficient (Wildman–Crippen LogP) is 2.93. The van der Waals surface area contributed by atoms with Crippen LogP contribution < -0.4 is 10.9 Å². The van der Waals surface area contributed by atoms with Crippen molar-refractivity contribution in [3.05, 3.63) is 76.4 Å². The molecule has 0 saturated heterocycles. The molecule has 0 spiro atoms. The molecule has 0 unspecified atom stereocenters. The number of hydrogen-bond donors (Lipinski definition) is 1. The van der Waals surface area contributed by atoms with Crippen LogP contribution in [-0.4, -0.2) is 26.8 Å². The summed E-state index contributed by atoms with van der Waals surface area (Å²) in [5, 5.41) is 8.76. The maximum absolute atomic E-state index is 12.2. The minimum Gasteiger partial charge on any atom is -0.463 e. The van der Waals surface area contributed by atoms with Gasteiger partial charge in [-0.25, -0.2) is 4.68 Å². The van der Waals surface area contributed by atoms with Gasteiger partial charge in [0.05, 0.1) is 6.26 Å². The van der Waals surface area contributed by atoms with Crippen molar-refractivity contribution in [1.29, 1.82) is 0 Å². The normalized spacial score (nSPS) is 11.0. The summed E-state index contributed by atoms with van der Waals surface area (Å²) in [5.74, 6) is 0.244. The molecule has 0 saturated carbocycles. The van der Waals surface area contributed by atoms with Crippen LogP contribution in [0.25, 0.3) is 22.4 Å². The van der Waals surface area contributed by atoms with E-state index in [0.29, 0.717) is 29.6 Å². The minimum absolute atomic E-state index is 0.161. The van der Waals surface area contributed by atoms with Gasteiger partial charge in [-0.05, 0) is 41.8 Å². The molecular weight excluding hydrogens is 380 g/mol.